The molecule has 78 valence electrons. The molecule has 3 heteroatoms. The molecule has 0 amide bonds. The van der Waals surface area contributed by atoms with E-state index in [-0.39, 0.29) is 5.54 Å². The maximum absolute atomic E-state index is 5.80. The first-order valence-electron chi connectivity index (χ1n) is 4.95. The molecule has 0 aliphatic heterocycles. The number of hydrogen-bond acceptors (Lipinski definition) is 3. The Morgan fingerprint density at radius 2 is 2.14 bits per heavy atom. The van der Waals surface area contributed by atoms with Crippen molar-refractivity contribution in [2.45, 2.75) is 39.7 Å². The van der Waals surface area contributed by atoms with E-state index in [1.54, 1.807) is 6.20 Å². The second-order valence-corrected chi connectivity index (χ2v) is 4.29. The van der Waals surface area contributed by atoms with Crippen molar-refractivity contribution in [3.05, 3.63) is 17.8 Å². The molecule has 0 aromatic carbocycles. The molecule has 1 aromatic heterocycles. The molecule has 3 nitrogen and oxygen atoms in total. The molecule has 1 rings (SSSR count). The van der Waals surface area contributed by atoms with Crippen molar-refractivity contribution in [1.82, 2.24) is 4.98 Å². The number of pyridine rings is 1. The lowest BCUT2D eigenvalue weighted by Gasteiger charge is -2.25. The summed E-state index contributed by atoms with van der Waals surface area (Å²) in [6.07, 6.45) is 2.84. The average molecular weight is 193 g/mol. The molecule has 0 atom stereocenters. The van der Waals surface area contributed by atoms with Gasteiger partial charge in [0.25, 0.3) is 0 Å². The van der Waals surface area contributed by atoms with Crippen molar-refractivity contribution in [3.8, 4) is 0 Å². The fraction of sp³-hybridized carbons (Fsp3) is 0.545. The second-order valence-electron chi connectivity index (χ2n) is 4.29. The Morgan fingerprint density at radius 3 is 2.64 bits per heavy atom. The lowest BCUT2D eigenvalue weighted by molar-refractivity contribution is 0.545. The minimum Gasteiger partial charge on any atom is -0.398 e. The lowest BCUT2D eigenvalue weighted by atomic mass is 10.0. The van der Waals surface area contributed by atoms with Gasteiger partial charge in [0.15, 0.2) is 0 Å². The molecule has 0 aliphatic carbocycles. The van der Waals surface area contributed by atoms with Gasteiger partial charge in [-0.2, -0.15) is 0 Å². The molecule has 0 bridgehead atoms. The number of rotatable bonds is 3. The highest BCUT2D eigenvalue weighted by Crippen LogP contribution is 2.19. The van der Waals surface area contributed by atoms with Crippen LogP contribution in [0.25, 0.3) is 0 Å². The highest BCUT2D eigenvalue weighted by atomic mass is 15.0. The third-order valence-electron chi connectivity index (χ3n) is 2.50. The van der Waals surface area contributed by atoms with Gasteiger partial charge in [0.1, 0.15) is 5.82 Å². The maximum atomic E-state index is 5.80. The van der Waals surface area contributed by atoms with Gasteiger partial charge in [-0.1, -0.05) is 6.92 Å². The zero-order valence-electron chi connectivity index (χ0n) is 9.39. The Morgan fingerprint density at radius 1 is 1.50 bits per heavy atom. The van der Waals surface area contributed by atoms with Gasteiger partial charge in [-0.25, -0.2) is 4.98 Å². The van der Waals surface area contributed by atoms with Gasteiger partial charge in [-0.15, -0.1) is 0 Å². The van der Waals surface area contributed by atoms with Crippen LogP contribution in [0.15, 0.2) is 12.3 Å². The van der Waals surface area contributed by atoms with Crippen LogP contribution in [-0.4, -0.2) is 10.5 Å². The molecule has 0 saturated carbocycles. The lowest BCUT2D eigenvalue weighted by Crippen LogP contribution is -2.30. The number of nitrogen functional groups attached to an aromatic ring is 1. The molecule has 1 aromatic rings. The number of nitrogens with two attached hydrogens (primary N) is 1. The minimum atomic E-state index is 0.0642. The first-order valence-corrected chi connectivity index (χ1v) is 4.95. The van der Waals surface area contributed by atoms with Gasteiger partial charge < -0.3 is 11.1 Å². The number of anilines is 2. The van der Waals surface area contributed by atoms with Crippen molar-refractivity contribution in [3.63, 3.8) is 0 Å². The predicted molar refractivity (Wildman–Crippen MR) is 61.4 cm³/mol. The van der Waals surface area contributed by atoms with Crippen molar-refractivity contribution < 1.29 is 0 Å². The Balaban J connectivity index is 2.83. The summed E-state index contributed by atoms with van der Waals surface area (Å²) < 4.78 is 0. The Labute approximate surface area is 85.7 Å². The van der Waals surface area contributed by atoms with Gasteiger partial charge >= 0.3 is 0 Å². The Bertz CT molecular complexity index is 318. The van der Waals surface area contributed by atoms with Crippen LogP contribution in [0.2, 0.25) is 0 Å². The molecule has 0 fully saturated rings. The summed E-state index contributed by atoms with van der Waals surface area (Å²) in [4.78, 5) is 4.28. The van der Waals surface area contributed by atoms with Crippen molar-refractivity contribution >= 4 is 11.5 Å². The maximum Gasteiger partial charge on any atom is 0.128 e. The molecule has 1 heterocycles. The van der Waals surface area contributed by atoms with Crippen LogP contribution in [0.5, 0.6) is 0 Å². The quantitative estimate of drug-likeness (QED) is 0.775. The highest BCUT2D eigenvalue weighted by Gasteiger charge is 2.14. The van der Waals surface area contributed by atoms with Gasteiger partial charge in [0, 0.05) is 23.5 Å². The second kappa shape index (κ2) is 3.86. The summed E-state index contributed by atoms with van der Waals surface area (Å²) in [6, 6.07) is 1.88. The van der Waals surface area contributed by atoms with Crippen molar-refractivity contribution in [1.29, 1.82) is 0 Å². The molecule has 0 aliphatic rings. The summed E-state index contributed by atoms with van der Waals surface area (Å²) in [5, 5.41) is 3.34. The third-order valence-corrected chi connectivity index (χ3v) is 2.50. The van der Waals surface area contributed by atoms with E-state index in [0.717, 1.165) is 23.5 Å². The van der Waals surface area contributed by atoms with E-state index in [4.69, 9.17) is 5.73 Å². The summed E-state index contributed by atoms with van der Waals surface area (Å²) >= 11 is 0. The van der Waals surface area contributed by atoms with E-state index < -0.39 is 0 Å². The normalized spacial score (nSPS) is 11.4. The van der Waals surface area contributed by atoms with Crippen LogP contribution >= 0.6 is 0 Å². The van der Waals surface area contributed by atoms with Crippen LogP contribution in [0.3, 0.4) is 0 Å². The zero-order chi connectivity index (χ0) is 10.8. The van der Waals surface area contributed by atoms with E-state index in [1.165, 1.54) is 0 Å². The average Bonchev–Trinajstić information content (AvgIpc) is 2.11. The Hall–Kier alpha value is -1.25. The molecule has 0 spiro atoms. The summed E-state index contributed by atoms with van der Waals surface area (Å²) in [5.41, 5.74) is 7.67. The first kappa shape index (κ1) is 10.8. The summed E-state index contributed by atoms with van der Waals surface area (Å²) in [5.74, 6) is 0.847. The van der Waals surface area contributed by atoms with Gasteiger partial charge in [-0.05, 0) is 32.8 Å². The standard InChI is InChI=1S/C11H19N3/c1-5-11(3,4)14-10-6-9(12)8(2)7-13-10/h6-7H,5H2,1-4H3,(H3,12,13,14). The van der Waals surface area contributed by atoms with Crippen LogP contribution in [0.1, 0.15) is 32.8 Å². The van der Waals surface area contributed by atoms with Crippen LogP contribution in [-0.2, 0) is 0 Å². The number of aryl methyl sites for hydroxylation is 1. The van der Waals surface area contributed by atoms with E-state index in [1.807, 2.05) is 13.0 Å². The fourth-order valence-electron chi connectivity index (χ4n) is 1.04. The van der Waals surface area contributed by atoms with Crippen LogP contribution < -0.4 is 11.1 Å². The van der Waals surface area contributed by atoms with E-state index >= 15 is 0 Å². The van der Waals surface area contributed by atoms with Crippen molar-refractivity contribution in [2.75, 3.05) is 11.1 Å². The predicted octanol–water partition coefficient (Wildman–Crippen LogP) is 2.57. The topological polar surface area (TPSA) is 50.9 Å². The van der Waals surface area contributed by atoms with Gasteiger partial charge in [0.05, 0.1) is 0 Å². The number of nitrogens with zero attached hydrogens (tertiary/aromatic N) is 1. The summed E-state index contributed by atoms with van der Waals surface area (Å²) in [7, 11) is 0. The van der Waals surface area contributed by atoms with E-state index in [9.17, 15) is 0 Å². The third kappa shape index (κ3) is 2.62. The van der Waals surface area contributed by atoms with E-state index in [0.29, 0.717) is 0 Å². The largest absolute Gasteiger partial charge is 0.398 e. The first-order chi connectivity index (χ1) is 6.44. The molecule has 0 radical (unpaired) electrons. The number of nitrogens with one attached hydrogen (secondary N) is 1. The van der Waals surface area contributed by atoms with Crippen LogP contribution in [0, 0.1) is 6.92 Å². The Kier molecular flexibility index (Phi) is 2.99. The molecular weight excluding hydrogens is 174 g/mol. The molecule has 14 heavy (non-hydrogen) atoms. The van der Waals surface area contributed by atoms with Crippen molar-refractivity contribution in [2.24, 2.45) is 0 Å². The molecule has 3 N–H and O–H groups in total. The highest BCUT2D eigenvalue weighted by molar-refractivity contribution is 5.54. The zero-order valence-corrected chi connectivity index (χ0v) is 9.39. The number of aromatic nitrogens is 1. The summed E-state index contributed by atoms with van der Waals surface area (Å²) in [6.45, 7) is 8.39. The molecule has 0 unspecified atom stereocenters. The monoisotopic (exact) mass is 193 g/mol. The number of hydrogen-bond donors (Lipinski definition) is 2. The van der Waals surface area contributed by atoms with Gasteiger partial charge in [0.2, 0.25) is 0 Å². The molecule has 0 saturated heterocycles. The molecular formula is C11H19N3. The fourth-order valence-corrected chi connectivity index (χ4v) is 1.04. The smallest absolute Gasteiger partial charge is 0.128 e. The SMILES string of the molecule is CCC(C)(C)Nc1cc(N)c(C)cn1. The van der Waals surface area contributed by atoms with E-state index in [2.05, 4.69) is 31.1 Å². The van der Waals surface area contributed by atoms with Crippen LogP contribution in [0.4, 0.5) is 11.5 Å². The van der Waals surface area contributed by atoms with Gasteiger partial charge in [-0.3, -0.25) is 0 Å². The minimum absolute atomic E-state index is 0.0642.